The number of Topliss-reactive ketones (excluding diaryl/α,β-unsaturated/α-hetero) is 1. The second kappa shape index (κ2) is 4.90. The Labute approximate surface area is 124 Å². The number of ether oxygens (including phenoxy) is 1. The van der Waals surface area contributed by atoms with Crippen LogP contribution in [0.3, 0.4) is 0 Å². The van der Waals surface area contributed by atoms with Crippen molar-refractivity contribution in [1.82, 2.24) is 0 Å². The lowest BCUT2D eigenvalue weighted by Crippen LogP contribution is -2.11. The first-order valence-electron chi connectivity index (χ1n) is 7.92. The third-order valence-corrected chi connectivity index (χ3v) is 4.86. The number of hydrogen-bond donors (Lipinski definition) is 0. The molecule has 3 heteroatoms. The van der Waals surface area contributed by atoms with Gasteiger partial charge in [0.25, 0.3) is 0 Å². The van der Waals surface area contributed by atoms with Crippen LogP contribution in [0.25, 0.3) is 11.0 Å². The van der Waals surface area contributed by atoms with Gasteiger partial charge in [0, 0.05) is 22.8 Å². The lowest BCUT2D eigenvalue weighted by Gasteiger charge is -2.10. The first kappa shape index (κ1) is 12.9. The molecule has 0 amide bonds. The predicted molar refractivity (Wildman–Crippen MR) is 81.0 cm³/mol. The van der Waals surface area contributed by atoms with Gasteiger partial charge in [-0.05, 0) is 43.9 Å². The van der Waals surface area contributed by atoms with Gasteiger partial charge in [0.1, 0.15) is 5.76 Å². The first-order chi connectivity index (χ1) is 10.3. The van der Waals surface area contributed by atoms with E-state index in [9.17, 15) is 4.79 Å². The molecule has 21 heavy (non-hydrogen) atoms. The SMILES string of the molecule is COc1ccc(C(=O)C2CCCC2)c2cc(C3CC3)oc12. The fourth-order valence-electron chi connectivity index (χ4n) is 3.47. The smallest absolute Gasteiger partial charge is 0.176 e. The van der Waals surface area contributed by atoms with Crippen LogP contribution < -0.4 is 4.74 Å². The number of carbonyl (C=O) groups is 1. The Morgan fingerprint density at radius 2 is 1.95 bits per heavy atom. The summed E-state index contributed by atoms with van der Waals surface area (Å²) in [6, 6.07) is 5.84. The molecule has 3 nitrogen and oxygen atoms in total. The number of rotatable bonds is 4. The van der Waals surface area contributed by atoms with Gasteiger partial charge in [-0.15, -0.1) is 0 Å². The van der Waals surface area contributed by atoms with E-state index in [0.29, 0.717) is 5.92 Å². The van der Waals surface area contributed by atoms with E-state index in [2.05, 4.69) is 6.07 Å². The van der Waals surface area contributed by atoms with Gasteiger partial charge < -0.3 is 9.15 Å². The fourth-order valence-corrected chi connectivity index (χ4v) is 3.47. The highest BCUT2D eigenvalue weighted by molar-refractivity contribution is 6.09. The van der Waals surface area contributed by atoms with Crippen molar-refractivity contribution in [1.29, 1.82) is 0 Å². The number of carbonyl (C=O) groups excluding carboxylic acids is 1. The number of benzene rings is 1. The van der Waals surface area contributed by atoms with Crippen molar-refractivity contribution in [3.8, 4) is 5.75 Å². The van der Waals surface area contributed by atoms with Crippen molar-refractivity contribution in [3.63, 3.8) is 0 Å². The molecule has 1 aromatic carbocycles. The standard InChI is InChI=1S/C18H20O3/c1-20-15-9-8-13(17(19)12-4-2-3-5-12)14-10-16(11-6-7-11)21-18(14)15/h8-12H,2-7H2,1H3. The summed E-state index contributed by atoms with van der Waals surface area (Å²) in [4.78, 5) is 12.8. The highest BCUT2D eigenvalue weighted by Crippen LogP contribution is 2.44. The molecule has 1 aromatic heterocycles. The molecule has 2 aliphatic rings. The first-order valence-corrected chi connectivity index (χ1v) is 7.92. The second-order valence-corrected chi connectivity index (χ2v) is 6.33. The molecule has 0 atom stereocenters. The molecule has 2 fully saturated rings. The molecule has 0 saturated heterocycles. The fraction of sp³-hybridized carbons (Fsp3) is 0.500. The van der Waals surface area contributed by atoms with Gasteiger partial charge in [-0.3, -0.25) is 4.79 Å². The second-order valence-electron chi connectivity index (χ2n) is 6.33. The lowest BCUT2D eigenvalue weighted by molar-refractivity contribution is 0.0924. The van der Waals surface area contributed by atoms with Crippen LogP contribution >= 0.6 is 0 Å². The molecular formula is C18H20O3. The van der Waals surface area contributed by atoms with E-state index >= 15 is 0 Å². The third kappa shape index (κ3) is 2.15. The molecule has 0 N–H and O–H groups in total. The Morgan fingerprint density at radius 1 is 1.19 bits per heavy atom. The van der Waals surface area contributed by atoms with Crippen LogP contribution in [-0.2, 0) is 0 Å². The number of fused-ring (bicyclic) bond motifs is 1. The zero-order valence-corrected chi connectivity index (χ0v) is 12.4. The third-order valence-electron chi connectivity index (χ3n) is 4.86. The van der Waals surface area contributed by atoms with Gasteiger partial charge >= 0.3 is 0 Å². The summed E-state index contributed by atoms with van der Waals surface area (Å²) in [6.45, 7) is 0. The summed E-state index contributed by atoms with van der Waals surface area (Å²) >= 11 is 0. The molecule has 2 aromatic rings. The number of ketones is 1. The van der Waals surface area contributed by atoms with Crippen LogP contribution in [0, 0.1) is 5.92 Å². The molecule has 0 bridgehead atoms. The maximum Gasteiger partial charge on any atom is 0.176 e. The quantitative estimate of drug-likeness (QED) is 0.764. The highest BCUT2D eigenvalue weighted by atomic mass is 16.5. The summed E-state index contributed by atoms with van der Waals surface area (Å²) in [5.74, 6) is 2.75. The molecular weight excluding hydrogens is 264 g/mol. The number of hydrogen-bond acceptors (Lipinski definition) is 3. The summed E-state index contributed by atoms with van der Waals surface area (Å²) in [5, 5.41) is 0.938. The molecule has 0 aliphatic heterocycles. The van der Waals surface area contributed by atoms with Gasteiger partial charge in [-0.25, -0.2) is 0 Å². The van der Waals surface area contributed by atoms with E-state index in [1.807, 2.05) is 12.1 Å². The minimum absolute atomic E-state index is 0.195. The molecule has 2 aliphatic carbocycles. The molecule has 2 saturated carbocycles. The van der Waals surface area contributed by atoms with E-state index in [4.69, 9.17) is 9.15 Å². The van der Waals surface area contributed by atoms with Gasteiger partial charge in [0.15, 0.2) is 17.1 Å². The van der Waals surface area contributed by atoms with Crippen molar-refractivity contribution in [2.24, 2.45) is 5.92 Å². The molecule has 0 radical (unpaired) electrons. The van der Waals surface area contributed by atoms with Crippen LogP contribution in [0.4, 0.5) is 0 Å². The minimum Gasteiger partial charge on any atom is -0.493 e. The largest absolute Gasteiger partial charge is 0.493 e. The van der Waals surface area contributed by atoms with Crippen LogP contribution in [0.5, 0.6) is 5.75 Å². The van der Waals surface area contributed by atoms with Crippen LogP contribution in [0.1, 0.15) is 60.6 Å². The van der Waals surface area contributed by atoms with Crippen LogP contribution in [0.15, 0.2) is 22.6 Å². The summed E-state index contributed by atoms with van der Waals surface area (Å²) in [7, 11) is 1.65. The van der Waals surface area contributed by atoms with E-state index in [0.717, 1.165) is 40.9 Å². The van der Waals surface area contributed by atoms with Crippen LogP contribution in [0.2, 0.25) is 0 Å². The van der Waals surface area contributed by atoms with Crippen molar-refractivity contribution < 1.29 is 13.9 Å². The molecule has 110 valence electrons. The number of methoxy groups -OCH3 is 1. The van der Waals surface area contributed by atoms with Crippen molar-refractivity contribution in [2.75, 3.05) is 7.11 Å². The van der Waals surface area contributed by atoms with E-state index in [1.54, 1.807) is 7.11 Å². The Hall–Kier alpha value is -1.77. The topological polar surface area (TPSA) is 39.4 Å². The zero-order chi connectivity index (χ0) is 14.4. The van der Waals surface area contributed by atoms with Crippen molar-refractivity contribution >= 4 is 16.8 Å². The monoisotopic (exact) mass is 284 g/mol. The summed E-state index contributed by atoms with van der Waals surface area (Å²) in [5.41, 5.74) is 1.55. The Morgan fingerprint density at radius 3 is 2.62 bits per heavy atom. The summed E-state index contributed by atoms with van der Waals surface area (Å²) < 4.78 is 11.4. The molecule has 0 unspecified atom stereocenters. The van der Waals surface area contributed by atoms with Crippen molar-refractivity contribution in [3.05, 3.63) is 29.5 Å². The normalized spacial score (nSPS) is 19.3. The van der Waals surface area contributed by atoms with Crippen molar-refractivity contribution in [2.45, 2.75) is 44.4 Å². The van der Waals surface area contributed by atoms with Gasteiger partial charge in [-0.2, -0.15) is 0 Å². The molecule has 1 heterocycles. The maximum absolute atomic E-state index is 12.8. The average Bonchev–Trinajstić information content (AvgIpc) is 3.04. The lowest BCUT2D eigenvalue weighted by atomic mass is 9.94. The maximum atomic E-state index is 12.8. The van der Waals surface area contributed by atoms with E-state index in [-0.39, 0.29) is 11.7 Å². The Kier molecular flexibility index (Phi) is 3.02. The predicted octanol–water partition coefficient (Wildman–Crippen LogP) is 4.69. The average molecular weight is 284 g/mol. The van der Waals surface area contributed by atoms with Gasteiger partial charge in [-0.1, -0.05) is 12.8 Å². The zero-order valence-electron chi connectivity index (χ0n) is 12.4. The minimum atomic E-state index is 0.195. The Bertz CT molecular complexity index is 688. The molecule has 0 spiro atoms. The van der Waals surface area contributed by atoms with E-state index in [1.165, 1.54) is 25.7 Å². The van der Waals surface area contributed by atoms with Crippen LogP contribution in [-0.4, -0.2) is 12.9 Å². The Balaban J connectivity index is 1.82. The molecule has 4 rings (SSSR count). The van der Waals surface area contributed by atoms with Gasteiger partial charge in [0.2, 0.25) is 0 Å². The van der Waals surface area contributed by atoms with Gasteiger partial charge in [0.05, 0.1) is 7.11 Å². The summed E-state index contributed by atoms with van der Waals surface area (Å²) in [6.07, 6.45) is 6.78. The number of furan rings is 1. The van der Waals surface area contributed by atoms with E-state index < -0.39 is 0 Å². The highest BCUT2D eigenvalue weighted by Gasteiger charge is 2.30.